The lowest BCUT2D eigenvalue weighted by atomic mass is 9.89. The summed E-state index contributed by atoms with van der Waals surface area (Å²) in [6.07, 6.45) is 0.857. The number of carbonyl (C=O) groups excluding carboxylic acids is 1. The fourth-order valence-electron chi connectivity index (χ4n) is 2.03. The zero-order valence-corrected chi connectivity index (χ0v) is 12.8. The first-order valence-corrected chi connectivity index (χ1v) is 7.07. The van der Waals surface area contributed by atoms with Gasteiger partial charge in [0.15, 0.2) is 0 Å². The van der Waals surface area contributed by atoms with Crippen molar-refractivity contribution in [3.8, 4) is 0 Å². The maximum atomic E-state index is 12.3. The number of hydrogen-bond donors (Lipinski definition) is 2. The smallest absolute Gasteiger partial charge is 0.231 e. The molecule has 18 heavy (non-hydrogen) atoms. The van der Waals surface area contributed by atoms with Crippen LogP contribution in [-0.2, 0) is 4.79 Å². The fraction of sp³-hybridized carbons (Fsp3) is 0.462. The van der Waals surface area contributed by atoms with Crippen LogP contribution in [0.2, 0.25) is 5.02 Å². The summed E-state index contributed by atoms with van der Waals surface area (Å²) in [6, 6.07) is 3.69. The third kappa shape index (κ3) is 2.71. The molecule has 0 aliphatic carbocycles. The number of hydrogen-bond acceptors (Lipinski definition) is 2. The Hall–Kier alpha value is -0.580. The zero-order chi connectivity index (χ0) is 13.3. The van der Waals surface area contributed by atoms with E-state index in [1.807, 2.05) is 19.9 Å². The molecule has 0 saturated carbocycles. The number of carbonyl (C=O) groups is 1. The lowest BCUT2D eigenvalue weighted by molar-refractivity contribution is -0.123. The summed E-state index contributed by atoms with van der Waals surface area (Å²) < 4.78 is 0.854. The lowest BCUT2D eigenvalue weighted by Crippen LogP contribution is -2.35. The van der Waals surface area contributed by atoms with Gasteiger partial charge in [0, 0.05) is 16.0 Å². The molecule has 1 fully saturated rings. The first-order valence-electron chi connectivity index (χ1n) is 5.90. The van der Waals surface area contributed by atoms with Crippen LogP contribution in [0.4, 0.5) is 5.69 Å². The van der Waals surface area contributed by atoms with E-state index in [1.165, 1.54) is 0 Å². The van der Waals surface area contributed by atoms with E-state index in [9.17, 15) is 4.79 Å². The van der Waals surface area contributed by atoms with E-state index in [2.05, 4.69) is 26.6 Å². The number of nitrogens with one attached hydrogen (secondary N) is 2. The van der Waals surface area contributed by atoms with Crippen molar-refractivity contribution in [2.24, 2.45) is 5.41 Å². The van der Waals surface area contributed by atoms with Gasteiger partial charge in [0.2, 0.25) is 5.91 Å². The SMILES string of the molecule is Cc1cc(Br)c(NC(=O)C2(C)CCNC2)cc1Cl. The molecule has 0 radical (unpaired) electrons. The summed E-state index contributed by atoms with van der Waals surface area (Å²) in [7, 11) is 0. The third-order valence-corrected chi connectivity index (χ3v) is 4.48. The predicted molar refractivity (Wildman–Crippen MR) is 78.1 cm³/mol. The molecular formula is C13H16BrClN2O. The lowest BCUT2D eigenvalue weighted by Gasteiger charge is -2.22. The molecule has 1 heterocycles. The predicted octanol–water partition coefficient (Wildman–Crippen LogP) is 3.35. The average Bonchev–Trinajstić information content (AvgIpc) is 2.74. The Labute approximate surface area is 120 Å². The molecule has 1 aromatic carbocycles. The molecule has 1 aliphatic rings. The van der Waals surface area contributed by atoms with Crippen LogP contribution in [-0.4, -0.2) is 19.0 Å². The van der Waals surface area contributed by atoms with E-state index in [0.29, 0.717) is 5.02 Å². The topological polar surface area (TPSA) is 41.1 Å². The van der Waals surface area contributed by atoms with Gasteiger partial charge in [-0.2, -0.15) is 0 Å². The zero-order valence-electron chi connectivity index (χ0n) is 10.4. The molecule has 2 N–H and O–H groups in total. The molecule has 2 rings (SSSR count). The molecule has 1 aromatic rings. The number of aryl methyl sites for hydroxylation is 1. The normalized spacial score (nSPS) is 23.1. The van der Waals surface area contributed by atoms with Gasteiger partial charge in [-0.05, 0) is 60.4 Å². The highest BCUT2D eigenvalue weighted by molar-refractivity contribution is 9.10. The highest BCUT2D eigenvalue weighted by atomic mass is 79.9. The second-order valence-corrected chi connectivity index (χ2v) is 6.28. The summed E-state index contributed by atoms with van der Waals surface area (Å²) in [6.45, 7) is 5.52. The van der Waals surface area contributed by atoms with Gasteiger partial charge in [-0.1, -0.05) is 11.6 Å². The molecule has 0 bridgehead atoms. The highest BCUT2D eigenvalue weighted by Gasteiger charge is 2.36. The van der Waals surface area contributed by atoms with Crippen molar-refractivity contribution in [3.05, 3.63) is 27.2 Å². The first kappa shape index (κ1) is 13.8. The van der Waals surface area contributed by atoms with Crippen LogP contribution in [0.3, 0.4) is 0 Å². The molecule has 5 heteroatoms. The minimum Gasteiger partial charge on any atom is -0.325 e. The van der Waals surface area contributed by atoms with Gasteiger partial charge in [-0.25, -0.2) is 0 Å². The van der Waals surface area contributed by atoms with E-state index in [4.69, 9.17) is 11.6 Å². The van der Waals surface area contributed by atoms with Gasteiger partial charge >= 0.3 is 0 Å². The minimum absolute atomic E-state index is 0.0353. The Balaban J connectivity index is 2.19. The van der Waals surface area contributed by atoms with Crippen molar-refractivity contribution >= 4 is 39.1 Å². The van der Waals surface area contributed by atoms with Crippen LogP contribution in [0.5, 0.6) is 0 Å². The molecular weight excluding hydrogens is 316 g/mol. The van der Waals surface area contributed by atoms with Gasteiger partial charge < -0.3 is 10.6 Å². The van der Waals surface area contributed by atoms with Gasteiger partial charge in [0.05, 0.1) is 11.1 Å². The second kappa shape index (κ2) is 5.19. The van der Waals surface area contributed by atoms with Crippen LogP contribution < -0.4 is 10.6 Å². The van der Waals surface area contributed by atoms with E-state index < -0.39 is 0 Å². The average molecular weight is 332 g/mol. The van der Waals surface area contributed by atoms with Crippen molar-refractivity contribution in [2.45, 2.75) is 20.3 Å². The van der Waals surface area contributed by atoms with Crippen LogP contribution in [0.1, 0.15) is 18.9 Å². The number of anilines is 1. The van der Waals surface area contributed by atoms with Crippen molar-refractivity contribution in [1.29, 1.82) is 0 Å². The van der Waals surface area contributed by atoms with Crippen molar-refractivity contribution < 1.29 is 4.79 Å². The number of amides is 1. The van der Waals surface area contributed by atoms with Crippen molar-refractivity contribution in [3.63, 3.8) is 0 Å². The molecule has 0 aromatic heterocycles. The van der Waals surface area contributed by atoms with Gasteiger partial charge in [0.25, 0.3) is 0 Å². The third-order valence-electron chi connectivity index (χ3n) is 3.41. The Kier molecular flexibility index (Phi) is 3.99. The summed E-state index contributed by atoms with van der Waals surface area (Å²) >= 11 is 9.53. The Morgan fingerprint density at radius 3 is 2.89 bits per heavy atom. The van der Waals surface area contributed by atoms with Gasteiger partial charge in [-0.15, -0.1) is 0 Å². The van der Waals surface area contributed by atoms with Gasteiger partial charge in [-0.3, -0.25) is 4.79 Å². The Morgan fingerprint density at radius 2 is 2.28 bits per heavy atom. The molecule has 0 spiro atoms. The fourth-order valence-corrected chi connectivity index (χ4v) is 2.75. The number of halogens is 2. The van der Waals surface area contributed by atoms with Crippen molar-refractivity contribution in [1.82, 2.24) is 5.32 Å². The van der Waals surface area contributed by atoms with E-state index in [1.54, 1.807) is 6.07 Å². The summed E-state index contributed by atoms with van der Waals surface area (Å²) in [5.74, 6) is 0.0353. The minimum atomic E-state index is -0.337. The maximum absolute atomic E-state index is 12.3. The Morgan fingerprint density at radius 1 is 1.56 bits per heavy atom. The molecule has 1 amide bonds. The number of rotatable bonds is 2. The van der Waals surface area contributed by atoms with Crippen LogP contribution in [0.15, 0.2) is 16.6 Å². The summed E-state index contributed by atoms with van der Waals surface area (Å²) in [5, 5.41) is 6.82. The summed E-state index contributed by atoms with van der Waals surface area (Å²) in [5.41, 5.74) is 1.37. The largest absolute Gasteiger partial charge is 0.325 e. The van der Waals surface area contributed by atoms with Crippen LogP contribution in [0, 0.1) is 12.3 Å². The maximum Gasteiger partial charge on any atom is 0.231 e. The standard InChI is InChI=1S/C13H16BrClN2O/c1-8-5-9(14)11(6-10(8)15)17-12(18)13(2)3-4-16-7-13/h5-6,16H,3-4,7H2,1-2H3,(H,17,18). The summed E-state index contributed by atoms with van der Waals surface area (Å²) in [4.78, 5) is 12.3. The second-order valence-electron chi connectivity index (χ2n) is 5.02. The molecule has 1 saturated heterocycles. The highest BCUT2D eigenvalue weighted by Crippen LogP contribution is 2.32. The van der Waals surface area contributed by atoms with Crippen LogP contribution in [0.25, 0.3) is 0 Å². The van der Waals surface area contributed by atoms with E-state index in [0.717, 1.165) is 35.2 Å². The monoisotopic (exact) mass is 330 g/mol. The molecule has 98 valence electrons. The molecule has 1 atom stereocenters. The molecule has 1 unspecified atom stereocenters. The van der Waals surface area contributed by atoms with E-state index in [-0.39, 0.29) is 11.3 Å². The molecule has 1 aliphatic heterocycles. The molecule has 3 nitrogen and oxygen atoms in total. The quantitative estimate of drug-likeness (QED) is 0.872. The van der Waals surface area contributed by atoms with Gasteiger partial charge in [0.1, 0.15) is 0 Å². The van der Waals surface area contributed by atoms with Crippen molar-refractivity contribution in [2.75, 3.05) is 18.4 Å². The van der Waals surface area contributed by atoms with E-state index >= 15 is 0 Å². The van der Waals surface area contributed by atoms with Crippen LogP contribution >= 0.6 is 27.5 Å². The number of benzene rings is 1. The first-order chi connectivity index (χ1) is 8.42. The Bertz CT molecular complexity index is 484.